The highest BCUT2D eigenvalue weighted by Crippen LogP contribution is 2.12. The highest BCUT2D eigenvalue weighted by Gasteiger charge is 2.08. The van der Waals surface area contributed by atoms with E-state index in [1.54, 1.807) is 13.0 Å². The predicted molar refractivity (Wildman–Crippen MR) is 93.6 cm³/mol. The first kappa shape index (κ1) is 18.0. The molecule has 0 spiro atoms. The summed E-state index contributed by atoms with van der Waals surface area (Å²) in [6, 6.07) is 5.21. The first-order valence-electron chi connectivity index (χ1n) is 8.20. The minimum absolute atomic E-state index is 0.195. The van der Waals surface area contributed by atoms with Crippen molar-refractivity contribution < 1.29 is 8.91 Å². The normalized spacial score (nSPS) is 11.6. The number of guanidine groups is 1. The molecule has 0 atom stereocenters. The fraction of sp³-hybridized carbons (Fsp3) is 0.444. The van der Waals surface area contributed by atoms with Gasteiger partial charge in [0.2, 0.25) is 0 Å². The van der Waals surface area contributed by atoms with E-state index in [0.29, 0.717) is 18.1 Å². The molecular weight excluding hydrogens is 307 g/mol. The summed E-state index contributed by atoms with van der Waals surface area (Å²) < 4.78 is 18.8. The molecule has 2 rings (SSSR count). The summed E-state index contributed by atoms with van der Waals surface area (Å²) in [5.41, 5.74) is 3.54. The molecule has 2 N–H and O–H groups in total. The Labute approximate surface area is 142 Å². The first-order valence-corrected chi connectivity index (χ1v) is 8.20. The van der Waals surface area contributed by atoms with Crippen molar-refractivity contribution in [3.05, 3.63) is 52.2 Å². The number of nitrogens with one attached hydrogen (secondary N) is 2. The zero-order valence-electron chi connectivity index (χ0n) is 14.7. The van der Waals surface area contributed by atoms with E-state index in [1.807, 2.05) is 26.8 Å². The smallest absolute Gasteiger partial charge is 0.191 e. The van der Waals surface area contributed by atoms with Crippen LogP contribution in [0, 0.1) is 26.6 Å². The van der Waals surface area contributed by atoms with Crippen LogP contribution in [0.2, 0.25) is 0 Å². The maximum atomic E-state index is 13.6. The molecule has 1 aromatic carbocycles. The Hall–Kier alpha value is -2.37. The van der Waals surface area contributed by atoms with Gasteiger partial charge in [0.1, 0.15) is 11.6 Å². The Morgan fingerprint density at radius 3 is 2.67 bits per heavy atom. The van der Waals surface area contributed by atoms with E-state index in [4.69, 9.17) is 4.52 Å². The Kier molecular flexibility index (Phi) is 6.35. The molecule has 0 unspecified atom stereocenters. The molecule has 0 aliphatic heterocycles. The maximum absolute atomic E-state index is 13.6. The maximum Gasteiger partial charge on any atom is 0.191 e. The van der Waals surface area contributed by atoms with Gasteiger partial charge in [0, 0.05) is 18.7 Å². The van der Waals surface area contributed by atoms with Crippen LogP contribution in [0.4, 0.5) is 4.39 Å². The van der Waals surface area contributed by atoms with E-state index in [2.05, 4.69) is 20.8 Å². The van der Waals surface area contributed by atoms with E-state index in [-0.39, 0.29) is 5.82 Å². The van der Waals surface area contributed by atoms with Crippen molar-refractivity contribution in [1.29, 1.82) is 0 Å². The van der Waals surface area contributed by atoms with E-state index >= 15 is 0 Å². The number of aryl methyl sites for hydroxylation is 3. The number of halogens is 1. The lowest BCUT2D eigenvalue weighted by molar-refractivity contribution is 0.392. The van der Waals surface area contributed by atoms with Gasteiger partial charge in [-0.1, -0.05) is 17.3 Å². The highest BCUT2D eigenvalue weighted by atomic mass is 19.1. The van der Waals surface area contributed by atoms with Gasteiger partial charge in [0.25, 0.3) is 0 Å². The van der Waals surface area contributed by atoms with E-state index in [9.17, 15) is 4.39 Å². The third-order valence-electron chi connectivity index (χ3n) is 3.85. The minimum Gasteiger partial charge on any atom is -0.361 e. The van der Waals surface area contributed by atoms with Crippen molar-refractivity contribution in [3.8, 4) is 0 Å². The average Bonchev–Trinajstić information content (AvgIpc) is 2.87. The van der Waals surface area contributed by atoms with E-state index < -0.39 is 0 Å². The number of aliphatic imine (C=N–C) groups is 1. The molecule has 6 heteroatoms. The second-order valence-corrected chi connectivity index (χ2v) is 5.76. The van der Waals surface area contributed by atoms with Crippen molar-refractivity contribution >= 4 is 5.96 Å². The van der Waals surface area contributed by atoms with Gasteiger partial charge in [-0.3, -0.25) is 0 Å². The van der Waals surface area contributed by atoms with Crippen LogP contribution in [0.5, 0.6) is 0 Å². The Balaban J connectivity index is 1.94. The van der Waals surface area contributed by atoms with Crippen LogP contribution >= 0.6 is 0 Å². The number of nitrogens with zero attached hydrogens (tertiary/aromatic N) is 2. The summed E-state index contributed by atoms with van der Waals surface area (Å²) >= 11 is 0. The van der Waals surface area contributed by atoms with Crippen LogP contribution < -0.4 is 10.6 Å². The molecular formula is C18H25FN4O. The van der Waals surface area contributed by atoms with Gasteiger partial charge in [-0.2, -0.15) is 0 Å². The number of aromatic nitrogens is 1. The Morgan fingerprint density at radius 1 is 1.25 bits per heavy atom. The van der Waals surface area contributed by atoms with Crippen molar-refractivity contribution in [2.45, 2.75) is 40.7 Å². The highest BCUT2D eigenvalue weighted by molar-refractivity contribution is 5.79. The lowest BCUT2D eigenvalue weighted by Gasteiger charge is -2.11. The quantitative estimate of drug-likeness (QED) is 0.630. The fourth-order valence-corrected chi connectivity index (χ4v) is 2.41. The average molecular weight is 332 g/mol. The van der Waals surface area contributed by atoms with Gasteiger partial charge in [-0.05, 0) is 51.3 Å². The SMILES string of the molecule is CCNC(=NCc1ccc(C)c(F)c1)NCCc1c(C)noc1C. The zero-order chi connectivity index (χ0) is 17.5. The molecule has 130 valence electrons. The second kappa shape index (κ2) is 8.47. The van der Waals surface area contributed by atoms with Crippen LogP contribution in [-0.2, 0) is 13.0 Å². The van der Waals surface area contributed by atoms with Crippen LogP contribution in [-0.4, -0.2) is 24.2 Å². The number of rotatable bonds is 6. The standard InChI is InChI=1S/C18H25FN4O/c1-5-20-18(21-9-8-16-13(3)23-24-14(16)4)22-11-15-7-6-12(2)17(19)10-15/h6-7,10H,5,8-9,11H2,1-4H3,(H2,20,21,22). The zero-order valence-corrected chi connectivity index (χ0v) is 14.7. The molecule has 0 bridgehead atoms. The third-order valence-corrected chi connectivity index (χ3v) is 3.85. The van der Waals surface area contributed by atoms with Crippen molar-refractivity contribution in [3.63, 3.8) is 0 Å². The monoisotopic (exact) mass is 332 g/mol. The molecule has 5 nitrogen and oxygen atoms in total. The molecule has 0 aliphatic carbocycles. The largest absolute Gasteiger partial charge is 0.361 e. The lowest BCUT2D eigenvalue weighted by atomic mass is 10.1. The molecule has 0 saturated heterocycles. The summed E-state index contributed by atoms with van der Waals surface area (Å²) in [4.78, 5) is 4.51. The molecule has 1 aromatic heterocycles. The minimum atomic E-state index is -0.195. The molecule has 2 aromatic rings. The van der Waals surface area contributed by atoms with Gasteiger partial charge in [-0.25, -0.2) is 9.38 Å². The first-order chi connectivity index (χ1) is 11.5. The van der Waals surface area contributed by atoms with Gasteiger partial charge in [0.05, 0.1) is 12.2 Å². The Morgan fingerprint density at radius 2 is 2.04 bits per heavy atom. The predicted octanol–water partition coefficient (Wildman–Crippen LogP) is 3.04. The van der Waals surface area contributed by atoms with Crippen molar-refractivity contribution in [1.82, 2.24) is 15.8 Å². The third kappa shape index (κ3) is 4.81. The molecule has 0 radical (unpaired) electrons. The van der Waals surface area contributed by atoms with Crippen molar-refractivity contribution in [2.75, 3.05) is 13.1 Å². The van der Waals surface area contributed by atoms with Gasteiger partial charge >= 0.3 is 0 Å². The topological polar surface area (TPSA) is 62.5 Å². The molecule has 0 amide bonds. The van der Waals surface area contributed by atoms with E-state index in [1.165, 1.54) is 6.07 Å². The molecule has 1 heterocycles. The summed E-state index contributed by atoms with van der Waals surface area (Å²) in [7, 11) is 0. The number of hydrogen-bond acceptors (Lipinski definition) is 3. The number of benzene rings is 1. The second-order valence-electron chi connectivity index (χ2n) is 5.76. The Bertz CT molecular complexity index is 690. The number of hydrogen-bond donors (Lipinski definition) is 2. The van der Waals surface area contributed by atoms with Gasteiger partial charge in [0.15, 0.2) is 5.96 Å². The summed E-state index contributed by atoms with van der Waals surface area (Å²) in [5.74, 6) is 1.37. The summed E-state index contributed by atoms with van der Waals surface area (Å²) in [6.45, 7) is 9.53. The lowest BCUT2D eigenvalue weighted by Crippen LogP contribution is -2.38. The molecule has 0 aliphatic rings. The molecule has 0 saturated carbocycles. The van der Waals surface area contributed by atoms with Gasteiger partial charge < -0.3 is 15.2 Å². The summed E-state index contributed by atoms with van der Waals surface area (Å²) in [6.07, 6.45) is 0.810. The van der Waals surface area contributed by atoms with Crippen LogP contribution in [0.3, 0.4) is 0 Å². The fourth-order valence-electron chi connectivity index (χ4n) is 2.41. The van der Waals surface area contributed by atoms with Crippen molar-refractivity contribution in [2.24, 2.45) is 4.99 Å². The van der Waals surface area contributed by atoms with Gasteiger partial charge in [-0.15, -0.1) is 0 Å². The van der Waals surface area contributed by atoms with E-state index in [0.717, 1.165) is 42.1 Å². The van der Waals surface area contributed by atoms with Crippen LogP contribution in [0.1, 0.15) is 35.1 Å². The summed E-state index contributed by atoms with van der Waals surface area (Å²) in [5, 5.41) is 10.4. The molecule has 0 fully saturated rings. The molecule has 24 heavy (non-hydrogen) atoms. The van der Waals surface area contributed by atoms with Crippen LogP contribution in [0.15, 0.2) is 27.7 Å². The van der Waals surface area contributed by atoms with Crippen LogP contribution in [0.25, 0.3) is 0 Å².